The Morgan fingerprint density at radius 2 is 2.33 bits per heavy atom. The summed E-state index contributed by atoms with van der Waals surface area (Å²) in [7, 11) is 0. The number of aliphatic hydroxyl groups is 1. The standard InChI is InChI=1S/C10H17NO/c1-2-6-11-7-5-10(12,8-11)9-3-4-9/h2,9,12H,1,3-8H2. The molecule has 0 aromatic rings. The molecule has 1 aliphatic heterocycles. The van der Waals surface area contributed by atoms with Crippen molar-refractivity contribution in [2.45, 2.75) is 24.9 Å². The van der Waals surface area contributed by atoms with Crippen molar-refractivity contribution in [2.75, 3.05) is 19.6 Å². The first kappa shape index (κ1) is 8.27. The normalized spacial score (nSPS) is 37.1. The summed E-state index contributed by atoms with van der Waals surface area (Å²) in [5, 5.41) is 10.2. The van der Waals surface area contributed by atoms with Crippen LogP contribution in [0, 0.1) is 5.92 Å². The minimum absolute atomic E-state index is 0.344. The topological polar surface area (TPSA) is 23.5 Å². The Balaban J connectivity index is 1.91. The van der Waals surface area contributed by atoms with Crippen LogP contribution in [0.5, 0.6) is 0 Å². The highest BCUT2D eigenvalue weighted by Crippen LogP contribution is 2.44. The molecule has 2 rings (SSSR count). The first-order chi connectivity index (χ1) is 5.74. The Morgan fingerprint density at radius 1 is 1.58 bits per heavy atom. The lowest BCUT2D eigenvalue weighted by Gasteiger charge is -2.22. The molecule has 1 unspecified atom stereocenters. The van der Waals surface area contributed by atoms with Crippen LogP contribution in [0.3, 0.4) is 0 Å². The second-order valence-electron chi connectivity index (χ2n) is 4.15. The molecule has 2 heteroatoms. The van der Waals surface area contributed by atoms with Crippen LogP contribution in [0.2, 0.25) is 0 Å². The zero-order valence-corrected chi connectivity index (χ0v) is 7.50. The predicted molar refractivity (Wildman–Crippen MR) is 48.9 cm³/mol. The lowest BCUT2D eigenvalue weighted by molar-refractivity contribution is 0.0281. The van der Waals surface area contributed by atoms with E-state index in [0.717, 1.165) is 26.1 Å². The van der Waals surface area contributed by atoms with Crippen molar-refractivity contribution >= 4 is 0 Å². The van der Waals surface area contributed by atoms with Crippen molar-refractivity contribution in [3.05, 3.63) is 12.7 Å². The first-order valence-corrected chi connectivity index (χ1v) is 4.80. The maximum absolute atomic E-state index is 10.2. The highest BCUT2D eigenvalue weighted by Gasteiger charge is 2.47. The van der Waals surface area contributed by atoms with Gasteiger partial charge < -0.3 is 5.11 Å². The molecule has 0 bridgehead atoms. The molecule has 1 heterocycles. The van der Waals surface area contributed by atoms with E-state index in [2.05, 4.69) is 11.5 Å². The third-order valence-electron chi connectivity index (χ3n) is 3.08. The summed E-state index contributed by atoms with van der Waals surface area (Å²) in [4.78, 5) is 2.28. The molecule has 1 aliphatic carbocycles. The van der Waals surface area contributed by atoms with Crippen LogP contribution >= 0.6 is 0 Å². The fourth-order valence-corrected chi connectivity index (χ4v) is 2.19. The molecule has 0 aromatic heterocycles. The van der Waals surface area contributed by atoms with Gasteiger partial charge in [0.05, 0.1) is 5.60 Å². The summed E-state index contributed by atoms with van der Waals surface area (Å²) < 4.78 is 0. The van der Waals surface area contributed by atoms with Crippen LogP contribution in [-0.2, 0) is 0 Å². The van der Waals surface area contributed by atoms with Gasteiger partial charge in [-0.25, -0.2) is 0 Å². The smallest absolute Gasteiger partial charge is 0.0814 e. The van der Waals surface area contributed by atoms with Gasteiger partial charge in [-0.15, -0.1) is 6.58 Å². The average Bonchev–Trinajstić information content (AvgIpc) is 2.80. The largest absolute Gasteiger partial charge is 0.388 e. The van der Waals surface area contributed by atoms with Gasteiger partial charge in [-0.2, -0.15) is 0 Å². The molecule has 1 saturated carbocycles. The van der Waals surface area contributed by atoms with Gasteiger partial charge in [-0.3, -0.25) is 4.90 Å². The SMILES string of the molecule is C=CCN1CCC(O)(C2CC2)C1. The van der Waals surface area contributed by atoms with Crippen molar-refractivity contribution in [3.8, 4) is 0 Å². The van der Waals surface area contributed by atoms with Crippen LogP contribution in [0.15, 0.2) is 12.7 Å². The van der Waals surface area contributed by atoms with Crippen LogP contribution in [-0.4, -0.2) is 35.2 Å². The van der Waals surface area contributed by atoms with E-state index in [1.54, 1.807) is 0 Å². The molecule has 1 atom stereocenters. The number of hydrogen-bond acceptors (Lipinski definition) is 2. The van der Waals surface area contributed by atoms with Gasteiger partial charge in [0.2, 0.25) is 0 Å². The molecule has 0 radical (unpaired) electrons. The molecule has 0 amide bonds. The summed E-state index contributed by atoms with van der Waals surface area (Å²) in [6.07, 6.45) is 5.35. The zero-order chi connectivity index (χ0) is 8.60. The Bertz CT molecular complexity index is 188. The predicted octanol–water partition coefficient (Wildman–Crippen LogP) is 1.02. The second-order valence-corrected chi connectivity index (χ2v) is 4.15. The van der Waals surface area contributed by atoms with Crippen molar-refractivity contribution in [3.63, 3.8) is 0 Å². The van der Waals surface area contributed by atoms with Gasteiger partial charge in [-0.1, -0.05) is 6.08 Å². The van der Waals surface area contributed by atoms with E-state index >= 15 is 0 Å². The first-order valence-electron chi connectivity index (χ1n) is 4.80. The van der Waals surface area contributed by atoms with Crippen molar-refractivity contribution in [1.29, 1.82) is 0 Å². The Hall–Kier alpha value is -0.340. The van der Waals surface area contributed by atoms with Crippen LogP contribution in [0.4, 0.5) is 0 Å². The number of nitrogens with zero attached hydrogens (tertiary/aromatic N) is 1. The summed E-state index contributed by atoms with van der Waals surface area (Å²) in [6.45, 7) is 6.54. The van der Waals surface area contributed by atoms with Gasteiger partial charge in [0, 0.05) is 19.6 Å². The molecule has 1 N–H and O–H groups in total. The minimum atomic E-state index is -0.344. The molecule has 0 aromatic carbocycles. The van der Waals surface area contributed by atoms with Crippen molar-refractivity contribution in [1.82, 2.24) is 4.90 Å². The molecule has 68 valence electrons. The lowest BCUT2D eigenvalue weighted by Crippen LogP contribution is -2.35. The maximum Gasteiger partial charge on any atom is 0.0814 e. The maximum atomic E-state index is 10.2. The van der Waals surface area contributed by atoms with E-state index in [-0.39, 0.29) is 5.60 Å². The monoisotopic (exact) mass is 167 g/mol. The number of β-amino-alcohol motifs (C(OH)–C–C–N with tert-alkyl or cyclic N) is 1. The molecule has 12 heavy (non-hydrogen) atoms. The van der Waals surface area contributed by atoms with E-state index in [1.807, 2.05) is 6.08 Å². The van der Waals surface area contributed by atoms with Gasteiger partial charge in [-0.05, 0) is 25.2 Å². The van der Waals surface area contributed by atoms with Crippen molar-refractivity contribution in [2.24, 2.45) is 5.92 Å². The molecule has 2 fully saturated rings. The quantitative estimate of drug-likeness (QED) is 0.634. The molecule has 1 saturated heterocycles. The molecule has 2 nitrogen and oxygen atoms in total. The van der Waals surface area contributed by atoms with Gasteiger partial charge in [0.1, 0.15) is 0 Å². The molecule has 2 aliphatic rings. The van der Waals surface area contributed by atoms with E-state index in [9.17, 15) is 5.11 Å². The minimum Gasteiger partial charge on any atom is -0.388 e. The van der Waals surface area contributed by atoms with Gasteiger partial charge in [0.25, 0.3) is 0 Å². The Morgan fingerprint density at radius 3 is 2.92 bits per heavy atom. The summed E-state index contributed by atoms with van der Waals surface area (Å²) in [6, 6.07) is 0. The van der Waals surface area contributed by atoms with Crippen LogP contribution < -0.4 is 0 Å². The number of rotatable bonds is 3. The second kappa shape index (κ2) is 2.86. The summed E-state index contributed by atoms with van der Waals surface area (Å²) >= 11 is 0. The molecular formula is C10H17NO. The average molecular weight is 167 g/mol. The highest BCUT2D eigenvalue weighted by atomic mass is 16.3. The van der Waals surface area contributed by atoms with E-state index in [1.165, 1.54) is 12.8 Å². The fourth-order valence-electron chi connectivity index (χ4n) is 2.19. The summed E-state index contributed by atoms with van der Waals surface area (Å²) in [5.74, 6) is 0.604. The molecular weight excluding hydrogens is 150 g/mol. The van der Waals surface area contributed by atoms with Crippen LogP contribution in [0.1, 0.15) is 19.3 Å². The third-order valence-corrected chi connectivity index (χ3v) is 3.08. The number of hydrogen-bond donors (Lipinski definition) is 1. The lowest BCUT2D eigenvalue weighted by atomic mass is 9.97. The Labute approximate surface area is 73.9 Å². The van der Waals surface area contributed by atoms with E-state index in [0.29, 0.717) is 5.92 Å². The van der Waals surface area contributed by atoms with Gasteiger partial charge in [0.15, 0.2) is 0 Å². The van der Waals surface area contributed by atoms with Crippen molar-refractivity contribution < 1.29 is 5.11 Å². The van der Waals surface area contributed by atoms with Crippen LogP contribution in [0.25, 0.3) is 0 Å². The fraction of sp³-hybridized carbons (Fsp3) is 0.800. The zero-order valence-electron chi connectivity index (χ0n) is 7.50. The third kappa shape index (κ3) is 1.41. The van der Waals surface area contributed by atoms with Gasteiger partial charge >= 0.3 is 0 Å². The summed E-state index contributed by atoms with van der Waals surface area (Å²) in [5.41, 5.74) is -0.344. The Kier molecular flexibility index (Phi) is 1.97. The van der Waals surface area contributed by atoms with E-state index in [4.69, 9.17) is 0 Å². The van der Waals surface area contributed by atoms with E-state index < -0.39 is 0 Å². The highest BCUT2D eigenvalue weighted by molar-refractivity contribution is 5.01. The number of likely N-dealkylation sites (tertiary alicyclic amines) is 1. The molecule has 0 spiro atoms.